The van der Waals surface area contributed by atoms with Crippen molar-refractivity contribution in [2.75, 3.05) is 0 Å². The van der Waals surface area contributed by atoms with Crippen LogP contribution in [0.25, 0.3) is 72.0 Å². The molecule has 4 heteroatoms. The highest BCUT2D eigenvalue weighted by atomic mass is 32.2. The van der Waals surface area contributed by atoms with E-state index in [1.807, 2.05) is 0 Å². The minimum atomic E-state index is -1.57. The summed E-state index contributed by atoms with van der Waals surface area (Å²) in [6.07, 6.45) is 0. The van der Waals surface area contributed by atoms with Crippen molar-refractivity contribution in [3.63, 3.8) is 0 Å². The third-order valence-electron chi connectivity index (χ3n) is 8.47. The largest absolute Gasteiger partial charge is 0.458 e. The van der Waals surface area contributed by atoms with E-state index < -0.39 is 276 Å². The molecule has 0 aliphatic carbocycles. The van der Waals surface area contributed by atoms with Crippen molar-refractivity contribution in [3.05, 3.63) is 181 Å². The average Bonchev–Trinajstić information content (AvgIpc) is 1.19. The van der Waals surface area contributed by atoms with E-state index in [0.29, 0.717) is 11.6 Å². The van der Waals surface area contributed by atoms with Gasteiger partial charge in [0.1, 0.15) is 11.5 Å². The molecule has 2 nitrogen and oxygen atoms in total. The Hall–Kier alpha value is -6.23. The summed E-state index contributed by atoms with van der Waals surface area (Å²) in [6, 6.07) is -27.2. The van der Waals surface area contributed by atoms with Gasteiger partial charge in [0.05, 0.1) is 57.8 Å². The molecule has 0 amide bonds. The Labute approximate surface area is 349 Å². The molecule has 3 heterocycles. The molecule has 0 N–H and O–H groups in total. The van der Waals surface area contributed by atoms with Crippen molar-refractivity contribution in [1.82, 2.24) is 4.57 Å². The maximum atomic E-state index is 10.1. The SMILES string of the molecule is [2H]c1c([2H])c([2H])c(-c2c([2H])c([2H])c([2H])c(-c3c([2H])c([2H])c4c(c3[2H])Oc3c([2H])c(-c5c([2H])c([2H])c([2H])c([2H])c5-n5c6c([2H])c([2H])c([2H])c([2H])c6c6c([2H])c([2H])c([2H])c([2H])c65)c([2H])c5c3B4Sc3c([2H])c([2H])c([2H])c([2H])c3-5)c2[2H])c([2H])c1[2H]. The van der Waals surface area contributed by atoms with Crippen LogP contribution in [0.3, 0.4) is 0 Å². The van der Waals surface area contributed by atoms with Crippen LogP contribution >= 0.6 is 11.6 Å². The molecule has 0 saturated carbocycles. The Balaban J connectivity index is 1.31. The van der Waals surface area contributed by atoms with Gasteiger partial charge in [0.15, 0.2) is 0 Å². The molecule has 0 bridgehead atoms. The summed E-state index contributed by atoms with van der Waals surface area (Å²) in [6.45, 7) is 0. The first kappa shape index (κ1) is 12.5. The summed E-state index contributed by atoms with van der Waals surface area (Å²) >= 11 is 0.631. The third kappa shape index (κ3) is 4.54. The normalized spacial score (nSPS) is 20.7. The second kappa shape index (κ2) is 11.7. The van der Waals surface area contributed by atoms with E-state index in [1.165, 1.54) is 0 Å². The third-order valence-corrected chi connectivity index (χ3v) is 9.72. The van der Waals surface area contributed by atoms with Crippen LogP contribution in [0.2, 0.25) is 0 Å². The molecule has 9 aromatic rings. The zero-order valence-corrected chi connectivity index (χ0v) is 26.7. The van der Waals surface area contributed by atoms with Crippen molar-refractivity contribution in [2.45, 2.75) is 4.90 Å². The number of ether oxygens (including phenoxy) is 1. The van der Waals surface area contributed by atoms with E-state index in [-0.39, 0.29) is 10.4 Å². The minimum absolute atomic E-state index is 0.283. The topological polar surface area (TPSA) is 14.2 Å². The van der Waals surface area contributed by atoms with E-state index in [9.17, 15) is 15.1 Å². The second-order valence-corrected chi connectivity index (χ2v) is 12.4. The van der Waals surface area contributed by atoms with Crippen LogP contribution in [0.1, 0.15) is 41.1 Å². The molecule has 52 heavy (non-hydrogen) atoms. The number of benzene rings is 8. The number of nitrogens with zero attached hydrogens (tertiary/aromatic N) is 1. The van der Waals surface area contributed by atoms with Crippen molar-refractivity contribution in [3.8, 4) is 61.7 Å². The first-order valence-electron chi connectivity index (χ1n) is 30.3. The predicted octanol–water partition coefficient (Wildman–Crippen LogP) is 11.8. The lowest BCUT2D eigenvalue weighted by Gasteiger charge is -2.33. The zero-order valence-electron chi connectivity index (χ0n) is 55.8. The number of hydrogen-bond acceptors (Lipinski definition) is 2. The predicted molar refractivity (Wildman–Crippen MR) is 220 cm³/mol. The molecule has 0 radical (unpaired) electrons. The average molecular weight is 710 g/mol. The first-order valence-corrected chi connectivity index (χ1v) is 16.2. The van der Waals surface area contributed by atoms with Crippen molar-refractivity contribution < 1.29 is 45.9 Å². The number of aromatic nitrogens is 1. The fourth-order valence-corrected chi connectivity index (χ4v) is 7.52. The van der Waals surface area contributed by atoms with Crippen LogP contribution in [-0.4, -0.2) is 10.6 Å². The standard InChI is InChI=1S/C48H30BNOS/c1-2-13-31(14-3-1)32-15-12-16-33(27-32)34-25-26-41-45(29-34)51-46-30-35(28-40-39-20-7-11-24-47(39)52-49(41)48(40)46)36-17-4-8-21-42(36)50-43-22-9-5-18-37(43)38-19-6-10-23-44(38)50/h1-30H/i1D,2D,3D,4D,5D,6D,7D,8D,9D,10D,11D,12D,13D,14D,15D,16D,17D,18D,19D,20D,21D,22D,23D,24D,25D,26D,27D,28D,29D,30D. The van der Waals surface area contributed by atoms with E-state index in [2.05, 4.69) is 0 Å². The van der Waals surface area contributed by atoms with Gasteiger partial charge in [-0.1, -0.05) is 133 Å². The molecule has 1 aromatic heterocycles. The van der Waals surface area contributed by atoms with E-state index in [1.54, 1.807) is 0 Å². The number of rotatable bonds is 4. The molecule has 2 aliphatic rings. The summed E-state index contributed by atoms with van der Waals surface area (Å²) in [4.78, 5) is -0.305. The molecular weight excluding hydrogens is 649 g/mol. The highest BCUT2D eigenvalue weighted by molar-refractivity contribution is 8.28. The quantitative estimate of drug-likeness (QED) is 0.169. The summed E-state index contributed by atoms with van der Waals surface area (Å²) in [5, 5.41) is -1.04. The summed E-state index contributed by atoms with van der Waals surface area (Å²) < 4.78 is 278. The lowest BCUT2D eigenvalue weighted by Crippen LogP contribution is -2.46. The summed E-state index contributed by atoms with van der Waals surface area (Å²) in [7, 11) is 0. The highest BCUT2D eigenvalue weighted by Gasteiger charge is 2.39. The fraction of sp³-hybridized carbons (Fsp3) is 0. The molecule has 0 saturated heterocycles. The Kier molecular flexibility index (Phi) is 2.80. The Bertz CT molecular complexity index is 4490. The van der Waals surface area contributed by atoms with Gasteiger partial charge < -0.3 is 9.30 Å². The monoisotopic (exact) mass is 709 g/mol. The number of fused-ring (bicyclic) bond motifs is 7. The van der Waals surface area contributed by atoms with Gasteiger partial charge in [0.2, 0.25) is 0 Å². The second-order valence-electron chi connectivity index (χ2n) is 11.3. The van der Waals surface area contributed by atoms with E-state index in [4.69, 9.17) is 30.8 Å². The van der Waals surface area contributed by atoms with Crippen LogP contribution in [0, 0.1) is 0 Å². The van der Waals surface area contributed by atoms with Crippen LogP contribution in [-0.2, 0) is 0 Å². The summed E-state index contributed by atoms with van der Waals surface area (Å²) in [5.41, 5.74) is -8.54. The van der Waals surface area contributed by atoms with E-state index in [0.717, 1.165) is 4.57 Å². The van der Waals surface area contributed by atoms with Gasteiger partial charge in [-0.05, 0) is 98.2 Å². The maximum Gasteiger partial charge on any atom is 0.289 e. The molecule has 0 unspecified atom stereocenters. The first-order chi connectivity index (χ1) is 38.3. The molecule has 242 valence electrons. The molecule has 0 fully saturated rings. The maximum absolute atomic E-state index is 10.1. The Morgan fingerprint density at radius 2 is 1.08 bits per heavy atom. The van der Waals surface area contributed by atoms with Crippen LogP contribution in [0.4, 0.5) is 0 Å². The number of hydrogen-bond donors (Lipinski definition) is 0. The lowest BCUT2D eigenvalue weighted by atomic mass is 9.57. The summed E-state index contributed by atoms with van der Waals surface area (Å²) in [5.74, 6) is -3.01. The number of para-hydroxylation sites is 3. The fourth-order valence-electron chi connectivity index (χ4n) is 6.27. The molecule has 2 aliphatic heterocycles. The van der Waals surface area contributed by atoms with Crippen LogP contribution in [0.5, 0.6) is 11.5 Å². The van der Waals surface area contributed by atoms with Crippen LogP contribution in [0.15, 0.2) is 186 Å². The lowest BCUT2D eigenvalue weighted by molar-refractivity contribution is 0.488. The van der Waals surface area contributed by atoms with E-state index >= 15 is 0 Å². The molecule has 0 spiro atoms. The van der Waals surface area contributed by atoms with Crippen molar-refractivity contribution in [2.24, 2.45) is 0 Å². The molecule has 11 rings (SSSR count). The van der Waals surface area contributed by atoms with Gasteiger partial charge in [-0.2, -0.15) is 11.6 Å². The van der Waals surface area contributed by atoms with Crippen LogP contribution < -0.4 is 15.7 Å². The minimum Gasteiger partial charge on any atom is -0.458 e. The molecular formula is C48H30BNOS. The van der Waals surface area contributed by atoms with Gasteiger partial charge >= 0.3 is 0 Å². The van der Waals surface area contributed by atoms with Crippen molar-refractivity contribution >= 4 is 50.3 Å². The zero-order chi connectivity index (χ0) is 60.3. The van der Waals surface area contributed by atoms with Crippen molar-refractivity contribution in [1.29, 1.82) is 0 Å². The van der Waals surface area contributed by atoms with Gasteiger partial charge in [0, 0.05) is 21.2 Å². The Morgan fingerprint density at radius 1 is 0.462 bits per heavy atom. The van der Waals surface area contributed by atoms with Gasteiger partial charge in [0.25, 0.3) is 5.99 Å². The Morgan fingerprint density at radius 3 is 1.88 bits per heavy atom. The van der Waals surface area contributed by atoms with Gasteiger partial charge in [-0.15, -0.1) is 0 Å². The van der Waals surface area contributed by atoms with Gasteiger partial charge in [-0.3, -0.25) is 0 Å². The smallest absolute Gasteiger partial charge is 0.289 e. The van der Waals surface area contributed by atoms with Gasteiger partial charge in [-0.25, -0.2) is 0 Å². The molecule has 0 atom stereocenters. The highest BCUT2D eigenvalue weighted by Crippen LogP contribution is 2.46. The molecule has 8 aromatic carbocycles.